The summed E-state index contributed by atoms with van der Waals surface area (Å²) >= 11 is 0. The molecule has 0 spiro atoms. The van der Waals surface area contributed by atoms with Crippen LogP contribution < -0.4 is 16.4 Å². The minimum Gasteiger partial charge on any atom is -0.458 e. The highest BCUT2D eigenvalue weighted by Crippen LogP contribution is 2.35. The quantitative estimate of drug-likeness (QED) is 0.118. The van der Waals surface area contributed by atoms with Gasteiger partial charge in [-0.15, -0.1) is 0 Å². The Bertz CT molecular complexity index is 1740. The molecule has 2 heterocycles. The highest BCUT2D eigenvalue weighted by Gasteiger charge is 2.29. The van der Waals surface area contributed by atoms with Crippen LogP contribution in [0.3, 0.4) is 0 Å². The molecule has 2 aromatic carbocycles. The smallest absolute Gasteiger partial charge is 0.338 e. The normalized spacial score (nSPS) is 14.1. The summed E-state index contributed by atoms with van der Waals surface area (Å²) < 4.78 is 10.7. The lowest BCUT2D eigenvalue weighted by Gasteiger charge is -2.16. The first-order chi connectivity index (χ1) is 20.3. The Balaban J connectivity index is 1.31. The summed E-state index contributed by atoms with van der Waals surface area (Å²) in [4.78, 5) is 55.2. The number of rotatable bonds is 9. The molecular formula is C30H29N7O5. The molecule has 0 fully saturated rings. The van der Waals surface area contributed by atoms with E-state index in [9.17, 15) is 14.4 Å². The summed E-state index contributed by atoms with van der Waals surface area (Å²) in [6.45, 7) is 7.52. The molecule has 2 aromatic heterocycles. The second-order valence-corrected chi connectivity index (χ2v) is 9.69. The van der Waals surface area contributed by atoms with Crippen LogP contribution in [0.5, 0.6) is 0 Å². The van der Waals surface area contributed by atoms with Crippen molar-refractivity contribution < 1.29 is 23.5 Å². The number of hydrogen-bond acceptors (Lipinski definition) is 9. The van der Waals surface area contributed by atoms with Gasteiger partial charge in [0, 0.05) is 19.5 Å². The molecular weight excluding hydrogens is 538 g/mol. The minimum absolute atomic E-state index is 0.0370. The van der Waals surface area contributed by atoms with Crippen molar-refractivity contribution in [3.8, 4) is 0 Å². The fourth-order valence-electron chi connectivity index (χ4n) is 4.96. The molecule has 0 bridgehead atoms. The van der Waals surface area contributed by atoms with Crippen molar-refractivity contribution in [3.63, 3.8) is 0 Å². The number of ether oxygens (including phenoxy) is 1. The van der Waals surface area contributed by atoms with Crippen LogP contribution in [0, 0.1) is 13.8 Å². The third-order valence-electron chi connectivity index (χ3n) is 6.93. The lowest BCUT2D eigenvalue weighted by atomic mass is 9.98. The zero-order valence-electron chi connectivity index (χ0n) is 23.1. The molecule has 4 aromatic rings. The van der Waals surface area contributed by atoms with Crippen molar-refractivity contribution in [1.82, 2.24) is 25.6 Å². The van der Waals surface area contributed by atoms with Crippen LogP contribution in [0.4, 0.5) is 5.95 Å². The molecule has 1 aliphatic rings. The fourth-order valence-corrected chi connectivity index (χ4v) is 4.96. The lowest BCUT2D eigenvalue weighted by molar-refractivity contribution is 0.0548. The Morgan fingerprint density at radius 2 is 1.90 bits per heavy atom. The molecule has 0 aliphatic heterocycles. The summed E-state index contributed by atoms with van der Waals surface area (Å²) in [6.07, 6.45) is 3.81. The third kappa shape index (κ3) is 5.87. The number of aliphatic imine (C=N–C) groups is 1. The highest BCUT2D eigenvalue weighted by molar-refractivity contribution is 5.98. The number of amides is 2. The van der Waals surface area contributed by atoms with Crippen LogP contribution in [-0.2, 0) is 17.7 Å². The van der Waals surface area contributed by atoms with Crippen LogP contribution in [0.25, 0.3) is 11.1 Å². The maximum absolute atomic E-state index is 13.3. The molecule has 1 aliphatic carbocycles. The summed E-state index contributed by atoms with van der Waals surface area (Å²) in [5.41, 5.74) is 10.7. The van der Waals surface area contributed by atoms with Gasteiger partial charge >= 0.3 is 5.97 Å². The summed E-state index contributed by atoms with van der Waals surface area (Å²) in [5.74, 6) is -1.02. The van der Waals surface area contributed by atoms with E-state index >= 15 is 0 Å². The average Bonchev–Trinajstić information content (AvgIpc) is 3.57. The SMILES string of the molecule is C=CCOC(=O)c1ccc2c(c1C)CC[C@@H]2NC(=O)c1cc(C(=O)NCc2ccc3oc(C)nc3c2)nc(/N=C\N)n1. The van der Waals surface area contributed by atoms with E-state index < -0.39 is 17.8 Å². The van der Waals surface area contributed by atoms with E-state index in [4.69, 9.17) is 14.9 Å². The predicted molar refractivity (Wildman–Crippen MR) is 154 cm³/mol. The van der Waals surface area contributed by atoms with E-state index in [-0.39, 0.29) is 36.5 Å². The largest absolute Gasteiger partial charge is 0.458 e. The minimum atomic E-state index is -0.519. The van der Waals surface area contributed by atoms with Crippen LogP contribution in [-0.4, -0.2) is 45.7 Å². The fraction of sp³-hybridized carbons (Fsp3) is 0.233. The lowest BCUT2D eigenvalue weighted by Crippen LogP contribution is -2.29. The summed E-state index contributed by atoms with van der Waals surface area (Å²) in [7, 11) is 0. The molecule has 0 radical (unpaired) electrons. The third-order valence-corrected chi connectivity index (χ3v) is 6.93. The van der Waals surface area contributed by atoms with Crippen LogP contribution in [0.1, 0.15) is 71.9 Å². The van der Waals surface area contributed by atoms with Gasteiger partial charge in [0.2, 0.25) is 0 Å². The van der Waals surface area contributed by atoms with Crippen molar-refractivity contribution in [1.29, 1.82) is 0 Å². The first-order valence-corrected chi connectivity index (χ1v) is 13.3. The molecule has 12 nitrogen and oxygen atoms in total. The monoisotopic (exact) mass is 567 g/mol. The van der Waals surface area contributed by atoms with E-state index in [1.165, 1.54) is 12.1 Å². The molecule has 1 atom stereocenters. The maximum atomic E-state index is 13.3. The van der Waals surface area contributed by atoms with Gasteiger partial charge in [-0.2, -0.15) is 0 Å². The second-order valence-electron chi connectivity index (χ2n) is 9.69. The number of hydrogen-bond donors (Lipinski definition) is 3. The number of carbonyl (C=O) groups is 3. The van der Waals surface area contributed by atoms with Gasteiger partial charge < -0.3 is 25.5 Å². The van der Waals surface area contributed by atoms with Gasteiger partial charge in [0.05, 0.1) is 17.9 Å². The number of nitrogens with one attached hydrogen (secondary N) is 2. The Morgan fingerprint density at radius 3 is 2.67 bits per heavy atom. The van der Waals surface area contributed by atoms with Crippen molar-refractivity contribution in [2.45, 2.75) is 39.3 Å². The molecule has 0 unspecified atom stereocenters. The van der Waals surface area contributed by atoms with Crippen molar-refractivity contribution in [2.24, 2.45) is 10.7 Å². The van der Waals surface area contributed by atoms with Gasteiger partial charge in [0.1, 0.15) is 23.5 Å². The molecule has 42 heavy (non-hydrogen) atoms. The number of aryl methyl sites for hydroxylation is 1. The van der Waals surface area contributed by atoms with Gasteiger partial charge in [-0.05, 0) is 60.2 Å². The van der Waals surface area contributed by atoms with Gasteiger partial charge in [0.25, 0.3) is 17.8 Å². The van der Waals surface area contributed by atoms with Gasteiger partial charge in [-0.1, -0.05) is 24.8 Å². The molecule has 0 saturated heterocycles. The zero-order chi connectivity index (χ0) is 29.8. The highest BCUT2D eigenvalue weighted by atomic mass is 16.5. The number of nitrogens with two attached hydrogens (primary N) is 1. The van der Waals surface area contributed by atoms with E-state index in [1.54, 1.807) is 19.1 Å². The molecule has 2 amide bonds. The van der Waals surface area contributed by atoms with E-state index in [1.807, 2.05) is 25.1 Å². The van der Waals surface area contributed by atoms with E-state index in [0.717, 1.165) is 28.6 Å². The van der Waals surface area contributed by atoms with Crippen LogP contribution >= 0.6 is 0 Å². The molecule has 12 heteroatoms. The zero-order valence-corrected chi connectivity index (χ0v) is 23.1. The Hall–Kier alpha value is -5.39. The van der Waals surface area contributed by atoms with E-state index in [0.29, 0.717) is 35.4 Å². The van der Waals surface area contributed by atoms with Crippen molar-refractivity contribution in [3.05, 3.63) is 94.1 Å². The number of nitrogens with zero attached hydrogens (tertiary/aromatic N) is 4. The number of benzene rings is 2. The molecule has 5 rings (SSSR count). The van der Waals surface area contributed by atoms with Gasteiger partial charge in [-0.3, -0.25) is 9.59 Å². The first-order valence-electron chi connectivity index (χ1n) is 13.3. The topological polar surface area (TPSA) is 175 Å². The first kappa shape index (κ1) is 28.1. The maximum Gasteiger partial charge on any atom is 0.338 e. The van der Waals surface area contributed by atoms with Crippen molar-refractivity contribution in [2.75, 3.05) is 6.61 Å². The Kier molecular flexibility index (Phi) is 8.05. The molecule has 0 saturated carbocycles. The number of esters is 1. The second kappa shape index (κ2) is 12.0. The summed E-state index contributed by atoms with van der Waals surface area (Å²) in [6, 6.07) is 9.96. The molecule has 4 N–H and O–H groups in total. The Labute approximate surface area is 241 Å². The van der Waals surface area contributed by atoms with Gasteiger partial charge in [-0.25, -0.2) is 24.7 Å². The average molecular weight is 568 g/mol. The van der Waals surface area contributed by atoms with Crippen LogP contribution in [0.2, 0.25) is 0 Å². The van der Waals surface area contributed by atoms with E-state index in [2.05, 4.69) is 37.2 Å². The number of oxazole rings is 1. The number of aromatic nitrogens is 3. The van der Waals surface area contributed by atoms with Gasteiger partial charge in [0.15, 0.2) is 11.5 Å². The Morgan fingerprint density at radius 1 is 1.12 bits per heavy atom. The van der Waals surface area contributed by atoms with Crippen molar-refractivity contribution >= 4 is 41.2 Å². The number of carbonyl (C=O) groups excluding carboxylic acids is 3. The number of fused-ring (bicyclic) bond motifs is 2. The summed E-state index contributed by atoms with van der Waals surface area (Å²) in [5, 5.41) is 5.78. The standard InChI is InChI=1S/C30H29N7O5/c1-4-11-41-29(40)20-6-7-21-19(16(20)2)8-9-22(21)35-28(39)25-13-24(36-30(37-25)33-15-31)27(38)32-14-18-5-10-26-23(12-18)34-17(3)42-26/h4-7,10,12-13,15,22H,1,8-9,11,14H2,2-3H3,(H,32,38)(H,35,39)(H2,31,33,36,37)/t22-/m0/s1. The predicted octanol–water partition coefficient (Wildman–Crippen LogP) is 3.54. The molecule has 214 valence electrons. The van der Waals surface area contributed by atoms with Crippen LogP contribution in [0.15, 0.2) is 58.5 Å².